The first kappa shape index (κ1) is 17.2. The third kappa shape index (κ3) is 2.92. The lowest BCUT2D eigenvalue weighted by atomic mass is 10.1. The van der Waals surface area contributed by atoms with Gasteiger partial charge in [-0.1, -0.05) is 5.21 Å². The number of likely N-dealkylation sites (tertiary alicyclic amines) is 1. The summed E-state index contributed by atoms with van der Waals surface area (Å²) in [5.74, 6) is -0.258. The minimum Gasteiger partial charge on any atom is -0.472 e. The van der Waals surface area contributed by atoms with Crippen molar-refractivity contribution in [2.24, 2.45) is 0 Å². The lowest BCUT2D eigenvalue weighted by Gasteiger charge is -2.26. The van der Waals surface area contributed by atoms with Gasteiger partial charge in [0.1, 0.15) is 11.5 Å². The van der Waals surface area contributed by atoms with Crippen molar-refractivity contribution in [3.63, 3.8) is 0 Å². The van der Waals surface area contributed by atoms with Crippen molar-refractivity contribution in [1.29, 1.82) is 0 Å². The third-order valence-corrected chi connectivity index (χ3v) is 4.96. The fraction of sp³-hybridized carbons (Fsp3) is 0.333. The molecule has 5 rings (SSSR count). The number of hydrogen-bond donors (Lipinski definition) is 0. The zero-order chi connectivity index (χ0) is 16.8. The quantitative estimate of drug-likeness (QED) is 0.703. The molecule has 6 nitrogen and oxygen atoms in total. The van der Waals surface area contributed by atoms with Gasteiger partial charge in [0.2, 0.25) is 0 Å². The molecule has 26 heavy (non-hydrogen) atoms. The van der Waals surface area contributed by atoms with E-state index in [0.29, 0.717) is 6.61 Å². The predicted octanol–water partition coefficient (Wildman–Crippen LogP) is 3.05. The van der Waals surface area contributed by atoms with Crippen LogP contribution in [-0.2, 0) is 17.9 Å². The standard InChI is InChI=1S/C18H17FN4O2.ClH/c19-14-3-1-13(2-4-14)18-16-11-25-17-9-22(7-12-5-6-24-10-12)8-15(17)23(16)21-20-18;/h1-6,10,15,17H,7-9,11H2;1H/t15-,17-;/m0./s1. The molecule has 4 heterocycles. The van der Waals surface area contributed by atoms with Crippen LogP contribution in [0, 0.1) is 5.82 Å². The van der Waals surface area contributed by atoms with Crippen LogP contribution >= 0.6 is 12.4 Å². The maximum Gasteiger partial charge on any atom is 0.123 e. The summed E-state index contributed by atoms with van der Waals surface area (Å²) in [6.45, 7) is 3.03. The van der Waals surface area contributed by atoms with Crippen LogP contribution in [0.5, 0.6) is 0 Å². The second kappa shape index (κ2) is 6.83. The highest BCUT2D eigenvalue weighted by Crippen LogP contribution is 2.34. The van der Waals surface area contributed by atoms with Gasteiger partial charge in [0.25, 0.3) is 0 Å². The van der Waals surface area contributed by atoms with E-state index in [0.717, 1.165) is 42.1 Å². The summed E-state index contributed by atoms with van der Waals surface area (Å²) in [4.78, 5) is 2.34. The Balaban J connectivity index is 0.00000168. The van der Waals surface area contributed by atoms with Crippen LogP contribution in [-0.4, -0.2) is 39.1 Å². The zero-order valence-electron chi connectivity index (χ0n) is 13.9. The molecular weight excluding hydrogens is 359 g/mol. The summed E-state index contributed by atoms with van der Waals surface area (Å²) in [5.41, 5.74) is 3.74. The number of aromatic nitrogens is 3. The van der Waals surface area contributed by atoms with E-state index in [1.807, 2.05) is 10.7 Å². The molecule has 3 aromatic rings. The average molecular weight is 377 g/mol. The SMILES string of the molecule is Cl.Fc1ccc(-c2nnn3c2CO[C@H]2CN(Cc4ccoc4)C[C@@H]23)cc1. The Morgan fingerprint density at radius 3 is 2.77 bits per heavy atom. The Kier molecular flexibility index (Phi) is 4.52. The Labute approximate surface area is 156 Å². The molecule has 0 aliphatic carbocycles. The van der Waals surface area contributed by atoms with Gasteiger partial charge in [-0.05, 0) is 30.3 Å². The first-order valence-electron chi connectivity index (χ1n) is 8.33. The van der Waals surface area contributed by atoms with Gasteiger partial charge in [-0.3, -0.25) is 4.90 Å². The molecule has 0 N–H and O–H groups in total. The van der Waals surface area contributed by atoms with E-state index in [-0.39, 0.29) is 30.4 Å². The molecule has 0 radical (unpaired) electrons. The summed E-state index contributed by atoms with van der Waals surface area (Å²) >= 11 is 0. The number of furan rings is 1. The van der Waals surface area contributed by atoms with Gasteiger partial charge >= 0.3 is 0 Å². The molecule has 1 saturated heterocycles. The number of nitrogens with zero attached hydrogens (tertiary/aromatic N) is 4. The Hall–Kier alpha value is -2.22. The topological polar surface area (TPSA) is 56.3 Å². The maximum atomic E-state index is 13.2. The van der Waals surface area contributed by atoms with E-state index in [1.54, 1.807) is 24.7 Å². The number of hydrogen-bond acceptors (Lipinski definition) is 5. The second-order valence-corrected chi connectivity index (χ2v) is 6.58. The second-order valence-electron chi connectivity index (χ2n) is 6.58. The van der Waals surface area contributed by atoms with Crippen LogP contribution in [0.1, 0.15) is 17.3 Å². The molecule has 1 aromatic carbocycles. The van der Waals surface area contributed by atoms with Gasteiger partial charge < -0.3 is 9.15 Å². The highest BCUT2D eigenvalue weighted by molar-refractivity contribution is 5.85. The van der Waals surface area contributed by atoms with Crippen molar-refractivity contribution in [2.75, 3.05) is 13.1 Å². The number of benzene rings is 1. The molecule has 0 bridgehead atoms. The third-order valence-electron chi connectivity index (χ3n) is 4.96. The molecule has 136 valence electrons. The highest BCUT2D eigenvalue weighted by Gasteiger charge is 2.40. The monoisotopic (exact) mass is 376 g/mol. The molecule has 0 saturated carbocycles. The average Bonchev–Trinajstić information content (AvgIpc) is 3.33. The first-order valence-corrected chi connectivity index (χ1v) is 8.33. The fourth-order valence-corrected chi connectivity index (χ4v) is 3.73. The lowest BCUT2D eigenvalue weighted by molar-refractivity contribution is -0.00494. The zero-order valence-corrected chi connectivity index (χ0v) is 14.7. The molecule has 0 spiro atoms. The number of ether oxygens (including phenoxy) is 1. The minimum absolute atomic E-state index is 0. The van der Waals surface area contributed by atoms with Gasteiger partial charge in [-0.25, -0.2) is 9.07 Å². The van der Waals surface area contributed by atoms with Crippen molar-refractivity contribution < 1.29 is 13.5 Å². The van der Waals surface area contributed by atoms with E-state index in [1.165, 1.54) is 12.1 Å². The van der Waals surface area contributed by atoms with Crippen LogP contribution in [0.15, 0.2) is 47.3 Å². The maximum absolute atomic E-state index is 13.2. The first-order chi connectivity index (χ1) is 12.3. The molecule has 2 aliphatic heterocycles. The van der Waals surface area contributed by atoms with Gasteiger partial charge in [0.05, 0.1) is 37.0 Å². The normalized spacial score (nSPS) is 21.9. The van der Waals surface area contributed by atoms with Crippen molar-refractivity contribution in [3.8, 4) is 11.3 Å². The number of rotatable bonds is 3. The summed E-state index contributed by atoms with van der Waals surface area (Å²) < 4.78 is 26.4. The predicted molar refractivity (Wildman–Crippen MR) is 94.3 cm³/mol. The lowest BCUT2D eigenvalue weighted by Crippen LogP contribution is -2.32. The highest BCUT2D eigenvalue weighted by atomic mass is 35.5. The fourth-order valence-electron chi connectivity index (χ4n) is 3.73. The van der Waals surface area contributed by atoms with Gasteiger partial charge in [-0.2, -0.15) is 0 Å². The molecule has 8 heteroatoms. The Morgan fingerprint density at radius 1 is 1.15 bits per heavy atom. The van der Waals surface area contributed by atoms with E-state index in [9.17, 15) is 4.39 Å². The summed E-state index contributed by atoms with van der Waals surface area (Å²) in [7, 11) is 0. The largest absolute Gasteiger partial charge is 0.472 e. The van der Waals surface area contributed by atoms with Crippen LogP contribution in [0.25, 0.3) is 11.3 Å². The van der Waals surface area contributed by atoms with Crippen LogP contribution in [0.3, 0.4) is 0 Å². The summed E-state index contributed by atoms with van der Waals surface area (Å²) in [5, 5.41) is 8.71. The Morgan fingerprint density at radius 2 is 2.00 bits per heavy atom. The number of fused-ring (bicyclic) bond motifs is 3. The van der Waals surface area contributed by atoms with Gasteiger partial charge in [0, 0.05) is 30.8 Å². The van der Waals surface area contributed by atoms with Crippen molar-refractivity contribution in [1.82, 2.24) is 19.9 Å². The van der Waals surface area contributed by atoms with Crippen LogP contribution < -0.4 is 0 Å². The molecule has 2 atom stereocenters. The smallest absolute Gasteiger partial charge is 0.123 e. The summed E-state index contributed by atoms with van der Waals surface area (Å²) in [6, 6.07) is 8.47. The van der Waals surface area contributed by atoms with Gasteiger partial charge in [-0.15, -0.1) is 17.5 Å². The molecule has 2 aromatic heterocycles. The van der Waals surface area contributed by atoms with E-state index in [2.05, 4.69) is 15.2 Å². The summed E-state index contributed by atoms with van der Waals surface area (Å²) in [6.07, 6.45) is 3.58. The minimum atomic E-state index is -0.258. The van der Waals surface area contributed by atoms with E-state index in [4.69, 9.17) is 9.15 Å². The van der Waals surface area contributed by atoms with Crippen LogP contribution in [0.4, 0.5) is 4.39 Å². The number of halogens is 2. The van der Waals surface area contributed by atoms with E-state index >= 15 is 0 Å². The molecule has 0 unspecified atom stereocenters. The molecule has 1 fully saturated rings. The van der Waals surface area contributed by atoms with Crippen molar-refractivity contribution >= 4 is 12.4 Å². The van der Waals surface area contributed by atoms with Crippen molar-refractivity contribution in [2.45, 2.75) is 25.3 Å². The molecular formula is C18H18ClFN4O2. The molecule has 2 aliphatic rings. The van der Waals surface area contributed by atoms with E-state index < -0.39 is 0 Å². The van der Waals surface area contributed by atoms with Crippen LogP contribution in [0.2, 0.25) is 0 Å². The Bertz CT molecular complexity index is 881. The van der Waals surface area contributed by atoms with Gasteiger partial charge in [0.15, 0.2) is 0 Å². The molecule has 0 amide bonds. The van der Waals surface area contributed by atoms with Crippen molar-refractivity contribution in [3.05, 3.63) is 59.9 Å².